The van der Waals surface area contributed by atoms with Crippen LogP contribution in [0.5, 0.6) is 5.75 Å². The Morgan fingerprint density at radius 3 is 2.63 bits per heavy atom. The number of unbranched alkanes of at least 4 members (excludes halogenated alkanes) is 1. The Morgan fingerprint density at radius 1 is 1.11 bits per heavy atom. The highest BCUT2D eigenvalue weighted by Gasteiger charge is 2.11. The number of halogens is 1. The molecule has 0 heterocycles. The van der Waals surface area contributed by atoms with E-state index in [0.717, 1.165) is 18.4 Å². The van der Waals surface area contributed by atoms with E-state index in [1.165, 1.54) is 6.21 Å². The highest BCUT2D eigenvalue weighted by Crippen LogP contribution is 2.20. The SMILES string of the molecule is CCCCNC(=O)C(=O)NN=Cc1ccccc1OCc1ccccc1Cl. The van der Waals surface area contributed by atoms with E-state index in [-0.39, 0.29) is 0 Å². The highest BCUT2D eigenvalue weighted by atomic mass is 35.5. The number of hydrogen-bond acceptors (Lipinski definition) is 4. The lowest BCUT2D eigenvalue weighted by molar-refractivity contribution is -0.139. The molecule has 2 rings (SSSR count). The van der Waals surface area contributed by atoms with Crippen LogP contribution in [0.2, 0.25) is 5.02 Å². The zero-order valence-corrected chi connectivity index (χ0v) is 15.8. The minimum atomic E-state index is -0.809. The largest absolute Gasteiger partial charge is 0.488 e. The normalized spacial score (nSPS) is 10.6. The maximum absolute atomic E-state index is 11.7. The van der Waals surface area contributed by atoms with Crippen molar-refractivity contribution in [3.8, 4) is 5.75 Å². The summed E-state index contributed by atoms with van der Waals surface area (Å²) in [5.41, 5.74) is 3.74. The maximum Gasteiger partial charge on any atom is 0.329 e. The number of nitrogens with one attached hydrogen (secondary N) is 2. The number of hydrogen-bond donors (Lipinski definition) is 2. The lowest BCUT2D eigenvalue weighted by atomic mass is 10.2. The predicted octanol–water partition coefficient (Wildman–Crippen LogP) is 3.29. The van der Waals surface area contributed by atoms with Gasteiger partial charge in [-0.2, -0.15) is 5.10 Å². The third-order valence-corrected chi connectivity index (χ3v) is 4.02. The Hall–Kier alpha value is -2.86. The molecular formula is C20H22ClN3O3. The number of ether oxygens (including phenoxy) is 1. The Morgan fingerprint density at radius 2 is 1.85 bits per heavy atom. The molecule has 0 spiro atoms. The first-order chi connectivity index (χ1) is 13.1. The second kappa shape index (κ2) is 11.0. The van der Waals surface area contributed by atoms with Crippen molar-refractivity contribution in [2.45, 2.75) is 26.4 Å². The number of para-hydroxylation sites is 1. The van der Waals surface area contributed by atoms with E-state index in [9.17, 15) is 9.59 Å². The standard InChI is InChI=1S/C20H22ClN3O3/c1-2-3-12-22-19(25)20(26)24-23-13-15-8-5-7-11-18(15)27-14-16-9-4-6-10-17(16)21/h4-11,13H,2-3,12,14H2,1H3,(H,22,25)(H,24,26). The molecule has 0 atom stereocenters. The molecule has 2 N–H and O–H groups in total. The molecule has 0 unspecified atom stereocenters. The van der Waals surface area contributed by atoms with Gasteiger partial charge in [0, 0.05) is 22.7 Å². The van der Waals surface area contributed by atoms with Gasteiger partial charge in [-0.3, -0.25) is 9.59 Å². The van der Waals surface area contributed by atoms with Gasteiger partial charge in [0.25, 0.3) is 0 Å². The molecule has 0 fully saturated rings. The zero-order valence-electron chi connectivity index (χ0n) is 15.1. The monoisotopic (exact) mass is 387 g/mol. The first kappa shape index (κ1) is 20.5. The number of hydrazone groups is 1. The number of rotatable bonds is 8. The van der Waals surface area contributed by atoms with E-state index >= 15 is 0 Å². The Labute approximate surface area is 163 Å². The topological polar surface area (TPSA) is 79.8 Å². The van der Waals surface area contributed by atoms with Crippen molar-refractivity contribution in [2.24, 2.45) is 5.10 Å². The molecule has 6 nitrogen and oxygen atoms in total. The molecule has 2 amide bonds. The van der Waals surface area contributed by atoms with Crippen molar-refractivity contribution in [1.82, 2.24) is 10.7 Å². The lowest BCUT2D eigenvalue weighted by Gasteiger charge is -2.10. The summed E-state index contributed by atoms with van der Waals surface area (Å²) >= 11 is 6.13. The summed E-state index contributed by atoms with van der Waals surface area (Å²) in [6.07, 6.45) is 3.18. The quantitative estimate of drug-likeness (QED) is 0.315. The number of carbonyl (C=O) groups is 2. The van der Waals surface area contributed by atoms with Crippen LogP contribution in [0.3, 0.4) is 0 Å². The van der Waals surface area contributed by atoms with Crippen LogP contribution >= 0.6 is 11.6 Å². The van der Waals surface area contributed by atoms with Crippen LogP contribution in [0.25, 0.3) is 0 Å². The van der Waals surface area contributed by atoms with Crippen molar-refractivity contribution in [1.29, 1.82) is 0 Å². The van der Waals surface area contributed by atoms with Crippen LogP contribution < -0.4 is 15.5 Å². The number of carbonyl (C=O) groups excluding carboxylic acids is 2. The van der Waals surface area contributed by atoms with Crippen LogP contribution in [0.15, 0.2) is 53.6 Å². The third kappa shape index (κ3) is 6.75. The molecule has 0 aliphatic rings. The fourth-order valence-corrected chi connectivity index (χ4v) is 2.35. The van der Waals surface area contributed by atoms with Crippen molar-refractivity contribution < 1.29 is 14.3 Å². The number of nitrogens with zero attached hydrogens (tertiary/aromatic N) is 1. The summed E-state index contributed by atoms with van der Waals surface area (Å²) in [4.78, 5) is 23.3. The minimum Gasteiger partial charge on any atom is -0.488 e. The molecular weight excluding hydrogens is 366 g/mol. The van der Waals surface area contributed by atoms with Crippen molar-refractivity contribution in [3.63, 3.8) is 0 Å². The van der Waals surface area contributed by atoms with Gasteiger partial charge in [0.1, 0.15) is 12.4 Å². The third-order valence-electron chi connectivity index (χ3n) is 3.65. The van der Waals surface area contributed by atoms with E-state index in [1.54, 1.807) is 18.2 Å². The molecule has 7 heteroatoms. The van der Waals surface area contributed by atoms with Gasteiger partial charge in [0.2, 0.25) is 0 Å². The van der Waals surface area contributed by atoms with Crippen LogP contribution in [0.4, 0.5) is 0 Å². The molecule has 2 aromatic rings. The van der Waals surface area contributed by atoms with Crippen LogP contribution in [-0.2, 0) is 16.2 Å². The molecule has 0 bridgehead atoms. The van der Waals surface area contributed by atoms with Crippen LogP contribution in [0.1, 0.15) is 30.9 Å². The van der Waals surface area contributed by atoms with Crippen molar-refractivity contribution in [2.75, 3.05) is 6.54 Å². The summed E-state index contributed by atoms with van der Waals surface area (Å²) in [7, 11) is 0. The van der Waals surface area contributed by atoms with Gasteiger partial charge >= 0.3 is 11.8 Å². The first-order valence-electron chi connectivity index (χ1n) is 8.68. The zero-order chi connectivity index (χ0) is 19.5. The molecule has 0 saturated carbocycles. The molecule has 0 aromatic heterocycles. The van der Waals surface area contributed by atoms with E-state index in [0.29, 0.717) is 29.5 Å². The molecule has 2 aromatic carbocycles. The van der Waals surface area contributed by atoms with Gasteiger partial charge in [-0.1, -0.05) is 55.3 Å². The average molecular weight is 388 g/mol. The molecule has 0 saturated heterocycles. The summed E-state index contributed by atoms with van der Waals surface area (Å²) < 4.78 is 5.81. The summed E-state index contributed by atoms with van der Waals surface area (Å²) in [5, 5.41) is 6.99. The lowest BCUT2D eigenvalue weighted by Crippen LogP contribution is -2.38. The molecule has 0 aliphatic heterocycles. The van der Waals surface area contributed by atoms with E-state index in [2.05, 4.69) is 15.8 Å². The predicted molar refractivity (Wildman–Crippen MR) is 106 cm³/mol. The van der Waals surface area contributed by atoms with Gasteiger partial charge in [-0.15, -0.1) is 0 Å². The fraction of sp³-hybridized carbons (Fsp3) is 0.250. The van der Waals surface area contributed by atoms with Crippen molar-refractivity contribution in [3.05, 3.63) is 64.7 Å². The van der Waals surface area contributed by atoms with Gasteiger partial charge in [-0.05, 0) is 24.6 Å². The van der Waals surface area contributed by atoms with Crippen LogP contribution in [0, 0.1) is 0 Å². The van der Waals surface area contributed by atoms with Crippen molar-refractivity contribution >= 4 is 29.6 Å². The molecule has 0 radical (unpaired) electrons. The van der Waals surface area contributed by atoms with Crippen LogP contribution in [-0.4, -0.2) is 24.6 Å². The second-order valence-electron chi connectivity index (χ2n) is 5.73. The molecule has 27 heavy (non-hydrogen) atoms. The molecule has 142 valence electrons. The average Bonchev–Trinajstić information content (AvgIpc) is 2.68. The fourth-order valence-electron chi connectivity index (χ4n) is 2.16. The Balaban J connectivity index is 1.93. The van der Waals surface area contributed by atoms with Gasteiger partial charge < -0.3 is 10.1 Å². The number of amides is 2. The Bertz CT molecular complexity index is 809. The molecule has 0 aliphatic carbocycles. The van der Waals surface area contributed by atoms with E-state index < -0.39 is 11.8 Å². The highest BCUT2D eigenvalue weighted by molar-refractivity contribution is 6.35. The second-order valence-corrected chi connectivity index (χ2v) is 6.13. The summed E-state index contributed by atoms with van der Waals surface area (Å²) in [5.74, 6) is -0.927. The van der Waals surface area contributed by atoms with E-state index in [4.69, 9.17) is 16.3 Å². The van der Waals surface area contributed by atoms with E-state index in [1.807, 2.05) is 37.3 Å². The first-order valence-corrected chi connectivity index (χ1v) is 9.06. The Kier molecular flexibility index (Phi) is 8.32. The summed E-state index contributed by atoms with van der Waals surface area (Å²) in [6, 6.07) is 14.7. The smallest absolute Gasteiger partial charge is 0.329 e. The number of benzene rings is 2. The van der Waals surface area contributed by atoms with Gasteiger partial charge in [-0.25, -0.2) is 5.43 Å². The minimum absolute atomic E-state index is 0.302. The maximum atomic E-state index is 11.7. The van der Waals surface area contributed by atoms with Gasteiger partial charge in [0.15, 0.2) is 0 Å². The van der Waals surface area contributed by atoms with Gasteiger partial charge in [0.05, 0.1) is 6.21 Å². The summed E-state index contributed by atoms with van der Waals surface area (Å²) in [6.45, 7) is 2.77.